The molecule has 0 atom stereocenters. The van der Waals surface area contributed by atoms with Crippen LogP contribution in [0.15, 0.2) is 42.0 Å². The van der Waals surface area contributed by atoms with E-state index in [2.05, 4.69) is 52.4 Å². The minimum absolute atomic E-state index is 0.0806. The quantitative estimate of drug-likeness (QED) is 0.583. The maximum Gasteiger partial charge on any atom is 0.243 e. The van der Waals surface area contributed by atoms with Gasteiger partial charge in [-0.1, -0.05) is 35.9 Å². The molecule has 0 aromatic heterocycles. The van der Waals surface area contributed by atoms with Crippen LogP contribution in [0, 0.1) is 5.92 Å². The second-order valence-corrected chi connectivity index (χ2v) is 7.41. The molecule has 1 aromatic rings. The number of hydrogen-bond donors (Lipinski definition) is 1. The molecule has 2 aliphatic rings. The predicted molar refractivity (Wildman–Crippen MR) is 102 cm³/mol. The van der Waals surface area contributed by atoms with Crippen molar-refractivity contribution in [3.63, 3.8) is 0 Å². The van der Waals surface area contributed by atoms with E-state index >= 15 is 0 Å². The molecule has 0 unspecified atom stereocenters. The second-order valence-electron chi connectivity index (χ2n) is 7.41. The number of nitrogens with zero attached hydrogens (tertiary/aromatic N) is 2. The van der Waals surface area contributed by atoms with Crippen LogP contribution >= 0.6 is 0 Å². The first-order chi connectivity index (χ1) is 12.2. The number of carbonyl (C=O) groups excluding carboxylic acids is 1. The molecule has 1 N–H and O–H groups in total. The Labute approximate surface area is 151 Å². The van der Waals surface area contributed by atoms with E-state index in [1.807, 2.05) is 0 Å². The Kier molecular flexibility index (Phi) is 6.65. The van der Waals surface area contributed by atoms with Crippen LogP contribution in [-0.4, -0.2) is 55.0 Å². The number of amides is 1. The van der Waals surface area contributed by atoms with Crippen LogP contribution < -0.4 is 5.32 Å². The summed E-state index contributed by atoms with van der Waals surface area (Å²) >= 11 is 0. The molecule has 0 spiro atoms. The van der Waals surface area contributed by atoms with Crippen molar-refractivity contribution in [1.82, 2.24) is 15.1 Å². The maximum absolute atomic E-state index is 11.8. The lowest BCUT2D eigenvalue weighted by molar-refractivity contribution is -0.116. The molecule has 2 fully saturated rings. The van der Waals surface area contributed by atoms with Gasteiger partial charge in [0.25, 0.3) is 0 Å². The Morgan fingerprint density at radius 3 is 2.48 bits per heavy atom. The van der Waals surface area contributed by atoms with Gasteiger partial charge in [0.1, 0.15) is 0 Å². The van der Waals surface area contributed by atoms with Gasteiger partial charge < -0.3 is 10.2 Å². The highest BCUT2D eigenvalue weighted by atomic mass is 16.1. The zero-order valence-corrected chi connectivity index (χ0v) is 15.4. The third-order valence-corrected chi connectivity index (χ3v) is 5.24. The zero-order chi connectivity index (χ0) is 17.5. The first kappa shape index (κ1) is 18.2. The molecular formula is C21H31N3O. The van der Waals surface area contributed by atoms with E-state index in [9.17, 15) is 4.79 Å². The Morgan fingerprint density at radius 2 is 1.80 bits per heavy atom. The van der Waals surface area contributed by atoms with Crippen LogP contribution in [0.5, 0.6) is 0 Å². The fourth-order valence-electron chi connectivity index (χ4n) is 3.44. The van der Waals surface area contributed by atoms with Crippen LogP contribution in [0.4, 0.5) is 0 Å². The van der Waals surface area contributed by atoms with E-state index in [-0.39, 0.29) is 5.91 Å². The summed E-state index contributed by atoms with van der Waals surface area (Å²) < 4.78 is 0. The van der Waals surface area contributed by atoms with Crippen molar-refractivity contribution in [3.8, 4) is 0 Å². The summed E-state index contributed by atoms with van der Waals surface area (Å²) in [6.07, 6.45) is 5.33. The lowest BCUT2D eigenvalue weighted by Gasteiger charge is -2.34. The van der Waals surface area contributed by atoms with Crippen molar-refractivity contribution < 1.29 is 4.79 Å². The summed E-state index contributed by atoms with van der Waals surface area (Å²) in [5.74, 6) is 0.759. The zero-order valence-electron chi connectivity index (χ0n) is 15.4. The smallest absolute Gasteiger partial charge is 0.243 e. The van der Waals surface area contributed by atoms with E-state index in [1.165, 1.54) is 24.0 Å². The lowest BCUT2D eigenvalue weighted by atomic mass is 10.2. The van der Waals surface area contributed by atoms with Crippen LogP contribution in [0.2, 0.25) is 0 Å². The molecule has 4 nitrogen and oxygen atoms in total. The molecule has 1 aromatic carbocycles. The van der Waals surface area contributed by atoms with Gasteiger partial charge in [-0.2, -0.15) is 0 Å². The van der Waals surface area contributed by atoms with Crippen molar-refractivity contribution in [3.05, 3.63) is 47.5 Å². The van der Waals surface area contributed by atoms with E-state index in [4.69, 9.17) is 0 Å². The summed E-state index contributed by atoms with van der Waals surface area (Å²) in [7, 11) is 0. The molecule has 1 aliphatic heterocycles. The number of nitrogens with one attached hydrogen (secondary N) is 1. The fourth-order valence-corrected chi connectivity index (χ4v) is 3.44. The molecule has 4 heteroatoms. The van der Waals surface area contributed by atoms with Gasteiger partial charge in [0, 0.05) is 45.3 Å². The number of hydrogen-bond acceptors (Lipinski definition) is 3. The summed E-state index contributed by atoms with van der Waals surface area (Å²) in [6.45, 7) is 9.49. The molecule has 0 radical (unpaired) electrons. The molecule has 3 rings (SSSR count). The van der Waals surface area contributed by atoms with Gasteiger partial charge in [0.15, 0.2) is 0 Å². The molecule has 25 heavy (non-hydrogen) atoms. The molecule has 1 amide bonds. The van der Waals surface area contributed by atoms with Gasteiger partial charge >= 0.3 is 0 Å². The van der Waals surface area contributed by atoms with Crippen molar-refractivity contribution >= 4 is 5.91 Å². The predicted octanol–water partition coefficient (Wildman–Crippen LogP) is 2.67. The van der Waals surface area contributed by atoms with E-state index in [1.54, 1.807) is 6.08 Å². The Morgan fingerprint density at radius 1 is 1.12 bits per heavy atom. The molecule has 136 valence electrons. The molecular weight excluding hydrogens is 310 g/mol. The van der Waals surface area contributed by atoms with Gasteiger partial charge in [-0.25, -0.2) is 0 Å². The van der Waals surface area contributed by atoms with Gasteiger partial charge in [-0.15, -0.1) is 0 Å². The first-order valence-corrected chi connectivity index (χ1v) is 9.65. The van der Waals surface area contributed by atoms with Crippen molar-refractivity contribution in [2.75, 3.05) is 39.3 Å². The van der Waals surface area contributed by atoms with Gasteiger partial charge in [0.05, 0.1) is 0 Å². The minimum Gasteiger partial charge on any atom is -0.353 e. The molecule has 1 saturated heterocycles. The largest absolute Gasteiger partial charge is 0.353 e. The van der Waals surface area contributed by atoms with Gasteiger partial charge in [0.2, 0.25) is 5.91 Å². The van der Waals surface area contributed by atoms with Crippen molar-refractivity contribution in [1.29, 1.82) is 0 Å². The Hall–Kier alpha value is -1.65. The average Bonchev–Trinajstić information content (AvgIpc) is 3.46. The van der Waals surface area contributed by atoms with E-state index in [0.29, 0.717) is 5.92 Å². The normalized spacial score (nSPS) is 19.8. The summed E-state index contributed by atoms with van der Waals surface area (Å²) in [6, 6.07) is 10.7. The van der Waals surface area contributed by atoms with Crippen molar-refractivity contribution in [2.24, 2.45) is 5.92 Å². The van der Waals surface area contributed by atoms with Crippen LogP contribution in [0.25, 0.3) is 0 Å². The summed E-state index contributed by atoms with van der Waals surface area (Å²) in [5, 5.41) is 3.02. The van der Waals surface area contributed by atoms with Gasteiger partial charge in [-0.05, 0) is 44.2 Å². The standard InChI is InChI=1S/C21H31N3O/c1-18(20-8-9-20)16-21(25)22-10-5-11-23-12-14-24(15-13-23)17-19-6-3-2-4-7-19/h2-4,6-7,16,20H,5,8-15,17H2,1H3,(H,22,25)/b18-16-. The fraction of sp³-hybridized carbons (Fsp3) is 0.571. The SMILES string of the molecule is C/C(=C/C(=O)NCCCN1CCN(Cc2ccccc2)CC1)C1CC1. The van der Waals surface area contributed by atoms with Crippen LogP contribution in [0.3, 0.4) is 0 Å². The van der Waals surface area contributed by atoms with Gasteiger partial charge in [-0.3, -0.25) is 9.69 Å². The number of benzene rings is 1. The highest BCUT2D eigenvalue weighted by Crippen LogP contribution is 2.35. The summed E-state index contributed by atoms with van der Waals surface area (Å²) in [5.41, 5.74) is 2.64. The van der Waals surface area contributed by atoms with Crippen molar-refractivity contribution in [2.45, 2.75) is 32.7 Å². The van der Waals surface area contributed by atoms with E-state index < -0.39 is 0 Å². The number of allylic oxidation sites excluding steroid dienone is 1. The third kappa shape index (κ3) is 6.29. The highest BCUT2D eigenvalue weighted by Gasteiger charge is 2.23. The molecule has 0 bridgehead atoms. The number of carbonyl (C=O) groups is 1. The monoisotopic (exact) mass is 341 g/mol. The topological polar surface area (TPSA) is 35.6 Å². The minimum atomic E-state index is 0.0806. The highest BCUT2D eigenvalue weighted by molar-refractivity contribution is 5.88. The Balaban J connectivity index is 1.26. The average molecular weight is 341 g/mol. The van der Waals surface area contributed by atoms with E-state index in [0.717, 1.165) is 52.2 Å². The third-order valence-electron chi connectivity index (χ3n) is 5.24. The molecule has 1 aliphatic carbocycles. The molecule has 1 heterocycles. The number of rotatable bonds is 8. The lowest BCUT2D eigenvalue weighted by Crippen LogP contribution is -2.46. The number of piperazine rings is 1. The molecule has 1 saturated carbocycles. The second kappa shape index (κ2) is 9.16. The Bertz CT molecular complexity index is 572. The van der Waals surface area contributed by atoms with Crippen LogP contribution in [-0.2, 0) is 11.3 Å². The summed E-state index contributed by atoms with van der Waals surface area (Å²) in [4.78, 5) is 16.9. The van der Waals surface area contributed by atoms with Crippen LogP contribution in [0.1, 0.15) is 31.7 Å². The first-order valence-electron chi connectivity index (χ1n) is 9.65. The maximum atomic E-state index is 11.8.